The van der Waals surface area contributed by atoms with Crippen molar-refractivity contribution in [1.29, 1.82) is 0 Å². The third-order valence-corrected chi connectivity index (χ3v) is 2.14. The average molecular weight is 321 g/mol. The van der Waals surface area contributed by atoms with E-state index in [2.05, 4.69) is 5.14 Å². The molecule has 0 radical (unpaired) electrons. The van der Waals surface area contributed by atoms with Gasteiger partial charge < -0.3 is 0 Å². The van der Waals surface area contributed by atoms with Crippen LogP contribution in [-0.2, 0) is 10.0 Å². The molecule has 0 heterocycles. The second kappa shape index (κ2) is 4.29. The van der Waals surface area contributed by atoms with Crippen molar-refractivity contribution < 1.29 is 17.2 Å². The second-order valence-corrected chi connectivity index (χ2v) is 3.65. The summed E-state index contributed by atoms with van der Waals surface area (Å²) in [5.74, 6) is -2.03. The Balaban J connectivity index is 0.00000144. The molecule has 0 unspecified atom stereocenters. The van der Waals surface area contributed by atoms with Crippen LogP contribution in [0.3, 0.4) is 0 Å². The Kier molecular flexibility index (Phi) is 4.20. The molecule has 0 saturated heterocycles. The predicted octanol–water partition coefficient (Wildman–Crippen LogP) is 1.23. The molecule has 1 rings (SSSR count). The first kappa shape index (κ1) is 12.7. The summed E-state index contributed by atoms with van der Waals surface area (Å²) in [6, 6.07) is 2.06. The molecule has 13 heavy (non-hydrogen) atoms. The molecule has 3 nitrogen and oxygen atoms in total. The van der Waals surface area contributed by atoms with E-state index in [0.717, 1.165) is 12.1 Å². The van der Waals surface area contributed by atoms with Crippen LogP contribution in [0.5, 0.6) is 0 Å². The van der Waals surface area contributed by atoms with E-state index in [4.69, 9.17) is 0 Å². The maximum Gasteiger partial charge on any atom is 0.240 e. The van der Waals surface area contributed by atoms with E-state index in [9.17, 15) is 17.2 Å². The number of halogens is 3. The lowest BCUT2D eigenvalue weighted by atomic mass is 10.3. The molecular formula is C6H6F2INO2S. The molecule has 0 atom stereocenters. The van der Waals surface area contributed by atoms with Crippen molar-refractivity contribution in [2.45, 2.75) is 4.90 Å². The Labute approximate surface area is 91.0 Å². The zero-order valence-electron chi connectivity index (χ0n) is 6.20. The summed E-state index contributed by atoms with van der Waals surface area (Å²) in [5, 5.41) is 4.62. The Bertz CT molecular complexity index is 407. The van der Waals surface area contributed by atoms with Crippen molar-refractivity contribution in [2.75, 3.05) is 0 Å². The fraction of sp³-hybridized carbons (Fsp3) is 0. The van der Waals surface area contributed by atoms with Gasteiger partial charge in [-0.05, 0) is 12.1 Å². The van der Waals surface area contributed by atoms with Crippen LogP contribution in [0.15, 0.2) is 23.1 Å². The maximum atomic E-state index is 12.6. The van der Waals surface area contributed by atoms with Crippen LogP contribution >= 0.6 is 24.0 Å². The third-order valence-electron chi connectivity index (χ3n) is 1.20. The molecule has 0 aliphatic rings. The smallest absolute Gasteiger partial charge is 0.225 e. The molecule has 0 bridgehead atoms. The molecule has 0 spiro atoms. The number of benzene rings is 1. The van der Waals surface area contributed by atoms with Crippen LogP contribution in [0.4, 0.5) is 8.78 Å². The molecule has 0 saturated carbocycles. The summed E-state index contributed by atoms with van der Waals surface area (Å²) in [6.07, 6.45) is 0. The van der Waals surface area contributed by atoms with E-state index in [-0.39, 0.29) is 24.0 Å². The molecule has 0 fully saturated rings. The SMILES string of the molecule is I.NS(=O)(=O)c1ccc(F)cc1F. The van der Waals surface area contributed by atoms with Gasteiger partial charge in [0.15, 0.2) is 0 Å². The molecule has 0 aliphatic carbocycles. The molecule has 1 aromatic rings. The van der Waals surface area contributed by atoms with Gasteiger partial charge in [-0.2, -0.15) is 0 Å². The normalized spacial score (nSPS) is 10.7. The van der Waals surface area contributed by atoms with Crippen LogP contribution in [0.2, 0.25) is 0 Å². The second-order valence-electron chi connectivity index (χ2n) is 2.12. The van der Waals surface area contributed by atoms with E-state index in [1.165, 1.54) is 0 Å². The quantitative estimate of drug-likeness (QED) is 0.791. The van der Waals surface area contributed by atoms with Crippen molar-refractivity contribution in [3.63, 3.8) is 0 Å². The minimum Gasteiger partial charge on any atom is -0.225 e. The fourth-order valence-corrected chi connectivity index (χ4v) is 1.29. The predicted molar refractivity (Wildman–Crippen MR) is 53.1 cm³/mol. The minimum absolute atomic E-state index is 0. The highest BCUT2D eigenvalue weighted by Gasteiger charge is 2.13. The van der Waals surface area contributed by atoms with Crippen molar-refractivity contribution in [2.24, 2.45) is 5.14 Å². The number of sulfonamides is 1. The Hall–Kier alpha value is -0.280. The van der Waals surface area contributed by atoms with Crippen molar-refractivity contribution in [3.05, 3.63) is 29.8 Å². The van der Waals surface area contributed by atoms with Crippen LogP contribution in [0, 0.1) is 11.6 Å². The van der Waals surface area contributed by atoms with Gasteiger partial charge in [-0.3, -0.25) is 0 Å². The molecule has 74 valence electrons. The number of hydrogen-bond acceptors (Lipinski definition) is 2. The van der Waals surface area contributed by atoms with Gasteiger partial charge in [0.1, 0.15) is 16.5 Å². The summed E-state index contributed by atoms with van der Waals surface area (Å²) in [6.45, 7) is 0. The summed E-state index contributed by atoms with van der Waals surface area (Å²) in [4.78, 5) is -0.705. The third kappa shape index (κ3) is 3.16. The van der Waals surface area contributed by atoms with Crippen molar-refractivity contribution >= 4 is 34.0 Å². The summed E-state index contributed by atoms with van der Waals surface area (Å²) in [5.41, 5.74) is 0. The Morgan fingerprint density at radius 2 is 1.77 bits per heavy atom. The monoisotopic (exact) mass is 321 g/mol. The fourth-order valence-electron chi connectivity index (χ4n) is 0.706. The van der Waals surface area contributed by atoms with Gasteiger partial charge in [0.2, 0.25) is 10.0 Å². The molecule has 7 heteroatoms. The lowest BCUT2D eigenvalue weighted by Crippen LogP contribution is -2.14. The van der Waals surface area contributed by atoms with Gasteiger partial charge in [-0.1, -0.05) is 0 Å². The summed E-state index contributed by atoms with van der Waals surface area (Å²) in [7, 11) is -4.09. The topological polar surface area (TPSA) is 60.2 Å². The van der Waals surface area contributed by atoms with Crippen LogP contribution < -0.4 is 5.14 Å². The largest absolute Gasteiger partial charge is 0.240 e. The zero-order valence-corrected chi connectivity index (χ0v) is 9.35. The average Bonchev–Trinajstić information content (AvgIpc) is 1.83. The summed E-state index contributed by atoms with van der Waals surface area (Å²) < 4.78 is 46.1. The van der Waals surface area contributed by atoms with Crippen LogP contribution in [0.25, 0.3) is 0 Å². The number of primary sulfonamides is 1. The minimum atomic E-state index is -4.09. The first-order valence-corrected chi connectivity index (χ1v) is 4.44. The van der Waals surface area contributed by atoms with E-state index in [1.807, 2.05) is 0 Å². The molecule has 0 aliphatic heterocycles. The highest BCUT2D eigenvalue weighted by molar-refractivity contribution is 14.0. The van der Waals surface area contributed by atoms with Crippen molar-refractivity contribution in [1.82, 2.24) is 0 Å². The van der Waals surface area contributed by atoms with Crippen LogP contribution in [0.1, 0.15) is 0 Å². The van der Waals surface area contributed by atoms with Gasteiger partial charge in [-0.25, -0.2) is 22.3 Å². The lowest BCUT2D eigenvalue weighted by Gasteiger charge is -1.98. The first-order chi connectivity index (χ1) is 5.41. The standard InChI is InChI=1S/C6H5F2NO2S.HI/c7-4-1-2-6(5(8)3-4)12(9,10)11;/h1-3H,(H2,9,10,11);1H. The number of rotatable bonds is 1. The van der Waals surface area contributed by atoms with Gasteiger partial charge in [0.25, 0.3) is 0 Å². The van der Waals surface area contributed by atoms with E-state index in [1.54, 1.807) is 0 Å². The lowest BCUT2D eigenvalue weighted by molar-refractivity contribution is 0.549. The van der Waals surface area contributed by atoms with E-state index < -0.39 is 26.6 Å². The van der Waals surface area contributed by atoms with Gasteiger partial charge >= 0.3 is 0 Å². The van der Waals surface area contributed by atoms with Gasteiger partial charge in [-0.15, -0.1) is 24.0 Å². The Morgan fingerprint density at radius 3 is 2.15 bits per heavy atom. The molecule has 0 amide bonds. The first-order valence-electron chi connectivity index (χ1n) is 2.89. The van der Waals surface area contributed by atoms with E-state index in [0.29, 0.717) is 6.07 Å². The summed E-state index contributed by atoms with van der Waals surface area (Å²) >= 11 is 0. The number of hydrogen-bond donors (Lipinski definition) is 1. The van der Waals surface area contributed by atoms with Crippen molar-refractivity contribution in [3.8, 4) is 0 Å². The molecule has 2 N–H and O–H groups in total. The maximum absolute atomic E-state index is 12.6. The highest BCUT2D eigenvalue weighted by Crippen LogP contribution is 2.13. The van der Waals surface area contributed by atoms with Gasteiger partial charge in [0, 0.05) is 6.07 Å². The van der Waals surface area contributed by atoms with E-state index >= 15 is 0 Å². The number of nitrogens with two attached hydrogens (primary N) is 1. The highest BCUT2D eigenvalue weighted by atomic mass is 127. The molecular weight excluding hydrogens is 315 g/mol. The zero-order chi connectivity index (χ0) is 9.35. The molecule has 0 aromatic heterocycles. The van der Waals surface area contributed by atoms with Crippen LogP contribution in [-0.4, -0.2) is 8.42 Å². The molecule has 1 aromatic carbocycles. The van der Waals surface area contributed by atoms with Gasteiger partial charge in [0.05, 0.1) is 0 Å². The Morgan fingerprint density at radius 1 is 1.23 bits per heavy atom.